The van der Waals surface area contributed by atoms with Crippen LogP contribution in [0.5, 0.6) is 0 Å². The van der Waals surface area contributed by atoms with Gasteiger partial charge in [-0.15, -0.1) is 0 Å². The Balaban J connectivity index is 1.79. The number of halogens is 1. The van der Waals surface area contributed by atoms with E-state index in [0.717, 1.165) is 25.7 Å². The van der Waals surface area contributed by atoms with E-state index < -0.39 is 5.67 Å². The maximum absolute atomic E-state index is 14.3. The van der Waals surface area contributed by atoms with Crippen LogP contribution in [0.25, 0.3) is 0 Å². The molecule has 1 atom stereocenters. The van der Waals surface area contributed by atoms with E-state index in [1.165, 1.54) is 5.56 Å². The molecule has 88 valence electrons. The van der Waals surface area contributed by atoms with E-state index in [1.54, 1.807) is 0 Å². The Labute approximate surface area is 96.9 Å². The average molecular weight is 221 g/mol. The minimum Gasteiger partial charge on any atom is -0.328 e. The van der Waals surface area contributed by atoms with Crippen LogP contribution >= 0.6 is 0 Å². The van der Waals surface area contributed by atoms with Gasteiger partial charge in [-0.2, -0.15) is 0 Å². The number of hydrogen-bond acceptors (Lipinski definition) is 1. The second kappa shape index (κ2) is 4.96. The van der Waals surface area contributed by atoms with Crippen LogP contribution in [-0.2, 0) is 6.42 Å². The minimum atomic E-state index is -1.09. The summed E-state index contributed by atoms with van der Waals surface area (Å²) < 4.78 is 14.3. The van der Waals surface area contributed by atoms with Gasteiger partial charge in [0, 0.05) is 6.54 Å². The van der Waals surface area contributed by atoms with Crippen molar-refractivity contribution in [3.8, 4) is 0 Å². The van der Waals surface area contributed by atoms with Gasteiger partial charge in [-0.05, 0) is 43.6 Å². The van der Waals surface area contributed by atoms with Crippen molar-refractivity contribution in [2.75, 3.05) is 6.54 Å². The van der Waals surface area contributed by atoms with Gasteiger partial charge < -0.3 is 5.73 Å². The molecule has 2 rings (SSSR count). The van der Waals surface area contributed by atoms with Crippen molar-refractivity contribution in [1.82, 2.24) is 0 Å². The Kier molecular flexibility index (Phi) is 3.59. The van der Waals surface area contributed by atoms with Crippen LogP contribution in [0.3, 0.4) is 0 Å². The molecule has 0 amide bonds. The Morgan fingerprint density at radius 1 is 1.25 bits per heavy atom. The highest BCUT2D eigenvalue weighted by Crippen LogP contribution is 2.44. The molecule has 1 aliphatic rings. The van der Waals surface area contributed by atoms with Gasteiger partial charge in [0.05, 0.1) is 0 Å². The van der Waals surface area contributed by atoms with E-state index in [2.05, 4.69) is 12.1 Å². The van der Waals surface area contributed by atoms with Gasteiger partial charge in [-0.25, -0.2) is 4.39 Å². The van der Waals surface area contributed by atoms with E-state index in [9.17, 15) is 4.39 Å². The summed E-state index contributed by atoms with van der Waals surface area (Å²) in [6.45, 7) is 0.187. The molecular formula is C14H20FN. The molecule has 0 aliphatic heterocycles. The summed E-state index contributed by atoms with van der Waals surface area (Å²) in [5, 5.41) is 0. The molecular weight excluding hydrogens is 201 g/mol. The predicted molar refractivity (Wildman–Crippen MR) is 65.0 cm³/mol. The SMILES string of the molecule is NCC(F)(CCCc1ccccc1)C1CC1. The van der Waals surface area contributed by atoms with Gasteiger partial charge >= 0.3 is 0 Å². The smallest absolute Gasteiger partial charge is 0.126 e. The number of benzene rings is 1. The van der Waals surface area contributed by atoms with E-state index in [-0.39, 0.29) is 12.5 Å². The molecule has 0 radical (unpaired) electrons. The van der Waals surface area contributed by atoms with Gasteiger partial charge in [0.25, 0.3) is 0 Å². The third-order valence-corrected chi connectivity index (χ3v) is 3.55. The lowest BCUT2D eigenvalue weighted by molar-refractivity contribution is 0.127. The molecule has 0 spiro atoms. The summed E-state index contributed by atoms with van der Waals surface area (Å²) in [6.07, 6.45) is 4.52. The molecule has 0 bridgehead atoms. The first-order valence-electron chi connectivity index (χ1n) is 6.17. The lowest BCUT2D eigenvalue weighted by atomic mass is 9.92. The third kappa shape index (κ3) is 2.82. The summed E-state index contributed by atoms with van der Waals surface area (Å²) in [4.78, 5) is 0. The molecule has 0 aromatic heterocycles. The highest BCUT2D eigenvalue weighted by molar-refractivity contribution is 5.14. The highest BCUT2D eigenvalue weighted by Gasteiger charge is 2.44. The molecule has 16 heavy (non-hydrogen) atoms. The molecule has 2 N–H and O–H groups in total. The Hall–Kier alpha value is -0.890. The second-order valence-electron chi connectivity index (χ2n) is 4.85. The van der Waals surface area contributed by atoms with Gasteiger partial charge in [-0.1, -0.05) is 30.3 Å². The van der Waals surface area contributed by atoms with E-state index in [4.69, 9.17) is 5.73 Å². The first kappa shape index (κ1) is 11.6. The fourth-order valence-corrected chi connectivity index (χ4v) is 2.30. The third-order valence-electron chi connectivity index (χ3n) is 3.55. The van der Waals surface area contributed by atoms with Crippen molar-refractivity contribution < 1.29 is 4.39 Å². The zero-order valence-corrected chi connectivity index (χ0v) is 9.66. The van der Waals surface area contributed by atoms with Gasteiger partial charge in [0.1, 0.15) is 5.67 Å². The average Bonchev–Trinajstić information content (AvgIpc) is 3.14. The molecule has 0 saturated heterocycles. The molecule has 1 nitrogen and oxygen atoms in total. The van der Waals surface area contributed by atoms with Crippen molar-refractivity contribution in [2.24, 2.45) is 11.7 Å². The number of alkyl halides is 1. The zero-order chi connectivity index (χ0) is 11.4. The van der Waals surface area contributed by atoms with Crippen LogP contribution < -0.4 is 5.73 Å². The molecule has 0 heterocycles. The van der Waals surface area contributed by atoms with E-state index in [1.807, 2.05) is 18.2 Å². The molecule has 1 aliphatic carbocycles. The number of hydrogen-bond donors (Lipinski definition) is 1. The predicted octanol–water partition coefficient (Wildman–Crippen LogP) is 3.09. The molecule has 1 aromatic rings. The molecule has 1 saturated carbocycles. The second-order valence-corrected chi connectivity index (χ2v) is 4.85. The van der Waals surface area contributed by atoms with Crippen molar-refractivity contribution in [3.63, 3.8) is 0 Å². The van der Waals surface area contributed by atoms with E-state index in [0.29, 0.717) is 6.42 Å². The number of nitrogens with two attached hydrogens (primary N) is 1. The van der Waals surface area contributed by atoms with Gasteiger partial charge in [0.2, 0.25) is 0 Å². The monoisotopic (exact) mass is 221 g/mol. The van der Waals surface area contributed by atoms with E-state index >= 15 is 0 Å². The summed E-state index contributed by atoms with van der Waals surface area (Å²) >= 11 is 0. The summed E-state index contributed by atoms with van der Waals surface area (Å²) in [5.41, 5.74) is 5.75. The standard InChI is InChI=1S/C14H20FN/c15-14(11-16,13-8-9-13)10-4-7-12-5-2-1-3-6-12/h1-3,5-6,13H,4,7-11,16H2. The molecule has 1 unspecified atom stereocenters. The lowest BCUT2D eigenvalue weighted by Gasteiger charge is -2.23. The fraction of sp³-hybridized carbons (Fsp3) is 0.571. The zero-order valence-electron chi connectivity index (χ0n) is 9.66. The Morgan fingerprint density at radius 2 is 1.94 bits per heavy atom. The topological polar surface area (TPSA) is 26.0 Å². The van der Waals surface area contributed by atoms with Crippen molar-refractivity contribution >= 4 is 0 Å². The van der Waals surface area contributed by atoms with Crippen LogP contribution in [0.2, 0.25) is 0 Å². The van der Waals surface area contributed by atoms with Crippen LogP contribution in [0, 0.1) is 5.92 Å². The number of rotatable bonds is 6. The fourth-order valence-electron chi connectivity index (χ4n) is 2.30. The molecule has 1 aromatic carbocycles. The van der Waals surface area contributed by atoms with Crippen molar-refractivity contribution in [2.45, 2.75) is 37.8 Å². The molecule has 2 heteroatoms. The summed E-state index contributed by atoms with van der Waals surface area (Å²) in [6, 6.07) is 10.3. The van der Waals surface area contributed by atoms with Crippen LogP contribution in [0.15, 0.2) is 30.3 Å². The lowest BCUT2D eigenvalue weighted by Crippen LogP contribution is -2.35. The first-order valence-corrected chi connectivity index (χ1v) is 6.17. The Morgan fingerprint density at radius 3 is 2.50 bits per heavy atom. The maximum Gasteiger partial charge on any atom is 0.126 e. The first-order chi connectivity index (χ1) is 7.74. The summed E-state index contributed by atoms with van der Waals surface area (Å²) in [5.74, 6) is 0.244. The van der Waals surface area contributed by atoms with Gasteiger partial charge in [-0.3, -0.25) is 0 Å². The number of aryl methyl sites for hydroxylation is 1. The van der Waals surface area contributed by atoms with Crippen LogP contribution in [-0.4, -0.2) is 12.2 Å². The molecule has 1 fully saturated rings. The summed E-state index contributed by atoms with van der Waals surface area (Å²) in [7, 11) is 0. The van der Waals surface area contributed by atoms with Crippen LogP contribution in [0.1, 0.15) is 31.2 Å². The van der Waals surface area contributed by atoms with Gasteiger partial charge in [0.15, 0.2) is 0 Å². The van der Waals surface area contributed by atoms with Crippen LogP contribution in [0.4, 0.5) is 4.39 Å². The largest absolute Gasteiger partial charge is 0.328 e. The highest BCUT2D eigenvalue weighted by atomic mass is 19.1. The van der Waals surface area contributed by atoms with Crippen molar-refractivity contribution in [3.05, 3.63) is 35.9 Å². The van der Waals surface area contributed by atoms with Crippen molar-refractivity contribution in [1.29, 1.82) is 0 Å². The Bertz CT molecular complexity index is 321. The maximum atomic E-state index is 14.3. The quantitative estimate of drug-likeness (QED) is 0.785. The normalized spacial score (nSPS) is 19.4. The minimum absolute atomic E-state index is 0.187.